The molecule has 0 saturated carbocycles. The van der Waals surface area contributed by atoms with Gasteiger partial charge in [-0.05, 0) is 40.9 Å². The average Bonchev–Trinajstić information content (AvgIpc) is 3.19. The van der Waals surface area contributed by atoms with Crippen LogP contribution in [0.3, 0.4) is 0 Å². The first-order valence-electron chi connectivity index (χ1n) is 9.89. The molecule has 0 fully saturated rings. The van der Waals surface area contributed by atoms with E-state index < -0.39 is 22.0 Å². The molecule has 0 aliphatic carbocycles. The maximum absolute atomic E-state index is 13.3. The third-order valence-electron chi connectivity index (χ3n) is 4.70. The number of fused-ring (bicyclic) bond motifs is 1. The Morgan fingerprint density at radius 3 is 2.77 bits per heavy atom. The fourth-order valence-electron chi connectivity index (χ4n) is 3.16. The average molecular weight is 459 g/mol. The molecule has 1 unspecified atom stereocenters. The summed E-state index contributed by atoms with van der Waals surface area (Å²) in [7, 11) is -2.30. The molecule has 0 aliphatic heterocycles. The molecule has 30 heavy (non-hydrogen) atoms. The maximum Gasteiger partial charge on any atom is 0.261 e. The lowest BCUT2D eigenvalue weighted by atomic mass is 10.1. The van der Waals surface area contributed by atoms with Gasteiger partial charge in [0.2, 0.25) is 10.0 Å². The Morgan fingerprint density at radius 2 is 2.07 bits per heavy atom. The number of benzene rings is 1. The first kappa shape index (κ1) is 24.7. The maximum atomic E-state index is 13.3. The van der Waals surface area contributed by atoms with Gasteiger partial charge in [-0.15, -0.1) is 11.3 Å². The zero-order chi connectivity index (χ0) is 22.0. The molecular weight excluding hydrogens is 428 g/mol. The van der Waals surface area contributed by atoms with Crippen molar-refractivity contribution in [3.8, 4) is 0 Å². The van der Waals surface area contributed by atoms with E-state index in [2.05, 4.69) is 0 Å². The van der Waals surface area contributed by atoms with E-state index in [1.165, 1.54) is 0 Å². The van der Waals surface area contributed by atoms with Gasteiger partial charge in [0.1, 0.15) is 6.04 Å². The van der Waals surface area contributed by atoms with Crippen molar-refractivity contribution in [1.82, 2.24) is 9.79 Å². The summed E-state index contributed by atoms with van der Waals surface area (Å²) >= 11 is 1.59. The smallest absolute Gasteiger partial charge is 0.261 e. The highest BCUT2D eigenvalue weighted by atomic mass is 32.2. The summed E-state index contributed by atoms with van der Waals surface area (Å²) in [6.07, 6.45) is 1.75. The van der Waals surface area contributed by atoms with Gasteiger partial charge >= 0.3 is 0 Å². The highest BCUT2D eigenvalue weighted by molar-refractivity contribution is 7.88. The van der Waals surface area contributed by atoms with Crippen LogP contribution in [0.25, 0.3) is 10.1 Å². The van der Waals surface area contributed by atoms with E-state index in [1.54, 1.807) is 30.0 Å². The molecule has 1 heterocycles. The summed E-state index contributed by atoms with van der Waals surface area (Å²) in [6.45, 7) is 2.80. The fraction of sp³-hybridized carbons (Fsp3) is 0.550. The number of nitrogens with one attached hydrogen (secondary N) is 1. The van der Waals surface area contributed by atoms with E-state index in [9.17, 15) is 18.4 Å². The third-order valence-corrected chi connectivity index (χ3v) is 7.45. The van der Waals surface area contributed by atoms with Gasteiger partial charge in [-0.2, -0.15) is 4.31 Å². The molecule has 1 aromatic carbocycles. The first-order chi connectivity index (χ1) is 14.4. The van der Waals surface area contributed by atoms with Crippen LogP contribution in [0.1, 0.15) is 31.7 Å². The number of amides is 1. The van der Waals surface area contributed by atoms with Crippen molar-refractivity contribution in [2.24, 2.45) is 0 Å². The van der Waals surface area contributed by atoms with E-state index >= 15 is 0 Å². The topological polar surface area (TPSA) is 105 Å². The minimum atomic E-state index is -3.85. The van der Waals surface area contributed by atoms with Crippen LogP contribution in [-0.4, -0.2) is 63.4 Å². The molecular formula is C20H30N2O6S2. The molecule has 0 aliphatic rings. The molecule has 1 amide bonds. The summed E-state index contributed by atoms with van der Waals surface area (Å²) in [4.78, 5) is 12.3. The summed E-state index contributed by atoms with van der Waals surface area (Å²) in [5.74, 6) is -0.977. The van der Waals surface area contributed by atoms with Gasteiger partial charge < -0.3 is 9.47 Å². The second-order valence-corrected chi connectivity index (χ2v) is 9.77. The van der Waals surface area contributed by atoms with Gasteiger partial charge in [0, 0.05) is 18.4 Å². The lowest BCUT2D eigenvalue weighted by molar-refractivity contribution is -0.133. The van der Waals surface area contributed by atoms with Crippen LogP contribution in [0.15, 0.2) is 29.6 Å². The van der Waals surface area contributed by atoms with E-state index in [-0.39, 0.29) is 18.9 Å². The molecule has 0 saturated heterocycles. The molecule has 2 rings (SSSR count). The number of nitrogens with zero attached hydrogens (tertiary/aromatic N) is 1. The number of hydrogen-bond donors (Lipinski definition) is 2. The van der Waals surface area contributed by atoms with Crippen molar-refractivity contribution < 1.29 is 27.9 Å². The molecule has 1 aromatic heterocycles. The number of carbonyl (C=O) groups excluding carboxylic acids is 1. The van der Waals surface area contributed by atoms with Crippen molar-refractivity contribution in [3.05, 3.63) is 35.2 Å². The van der Waals surface area contributed by atoms with Gasteiger partial charge in [0.25, 0.3) is 5.91 Å². The summed E-state index contributed by atoms with van der Waals surface area (Å²) in [6, 6.07) is 6.48. The van der Waals surface area contributed by atoms with Crippen LogP contribution in [0.4, 0.5) is 0 Å². The van der Waals surface area contributed by atoms with E-state index in [0.29, 0.717) is 31.6 Å². The third kappa shape index (κ3) is 7.00. The van der Waals surface area contributed by atoms with Crippen molar-refractivity contribution in [2.45, 2.75) is 38.0 Å². The predicted octanol–water partition coefficient (Wildman–Crippen LogP) is 2.76. The molecule has 8 nitrogen and oxygen atoms in total. The van der Waals surface area contributed by atoms with Crippen LogP contribution in [0.5, 0.6) is 0 Å². The zero-order valence-corrected chi connectivity index (χ0v) is 19.0. The Bertz CT molecular complexity index is 900. The second kappa shape index (κ2) is 12.3. The lowest BCUT2D eigenvalue weighted by Crippen LogP contribution is -2.50. The molecule has 0 bridgehead atoms. The van der Waals surface area contributed by atoms with Gasteiger partial charge in [-0.3, -0.25) is 10.0 Å². The minimum absolute atomic E-state index is 0.00848. The Balaban J connectivity index is 2.24. The molecule has 2 aromatic rings. The van der Waals surface area contributed by atoms with E-state index in [0.717, 1.165) is 20.8 Å². The molecule has 10 heteroatoms. The van der Waals surface area contributed by atoms with Crippen molar-refractivity contribution in [2.75, 3.05) is 33.5 Å². The molecule has 0 radical (unpaired) electrons. The van der Waals surface area contributed by atoms with Gasteiger partial charge in [0.05, 0.1) is 25.6 Å². The van der Waals surface area contributed by atoms with Crippen molar-refractivity contribution in [3.63, 3.8) is 0 Å². The van der Waals surface area contributed by atoms with Crippen LogP contribution >= 0.6 is 11.3 Å². The highest BCUT2D eigenvalue weighted by Crippen LogP contribution is 2.24. The number of methoxy groups -OCH3 is 1. The zero-order valence-electron chi connectivity index (χ0n) is 17.4. The Labute approximate surface area is 181 Å². The highest BCUT2D eigenvalue weighted by Gasteiger charge is 2.34. The number of rotatable bonds is 14. The minimum Gasteiger partial charge on any atom is -0.382 e. The Hall–Kier alpha value is -1.56. The molecule has 1 atom stereocenters. The predicted molar refractivity (Wildman–Crippen MR) is 117 cm³/mol. The van der Waals surface area contributed by atoms with Crippen molar-refractivity contribution in [1.29, 1.82) is 0 Å². The number of unbranched alkanes of at least 4 members (excludes halogenated alkanes) is 1. The van der Waals surface area contributed by atoms with E-state index in [4.69, 9.17) is 9.47 Å². The number of hydrogen-bond acceptors (Lipinski definition) is 7. The first-order valence-corrected chi connectivity index (χ1v) is 12.4. The van der Waals surface area contributed by atoms with Gasteiger partial charge in [-0.1, -0.05) is 25.8 Å². The van der Waals surface area contributed by atoms with Crippen LogP contribution in [0, 0.1) is 0 Å². The van der Waals surface area contributed by atoms with Gasteiger partial charge in [0.15, 0.2) is 0 Å². The van der Waals surface area contributed by atoms with Crippen LogP contribution in [-0.2, 0) is 30.0 Å². The molecule has 168 valence electrons. The lowest BCUT2D eigenvalue weighted by Gasteiger charge is -2.29. The van der Waals surface area contributed by atoms with E-state index in [1.807, 2.05) is 30.5 Å². The fourth-order valence-corrected chi connectivity index (χ4v) is 5.64. The standard InChI is InChI=1S/C20H30N2O6S2/c1-3-4-5-18(20(23)21-24)22(9-10-28-12-11-27-2)30(25,26)15-16-6-7-19-17(14-16)8-13-29-19/h6-8,13-14,18,24H,3-5,9-12,15H2,1-2H3,(H,21,23). The summed E-state index contributed by atoms with van der Waals surface area (Å²) in [5, 5.41) is 12.1. The SMILES string of the molecule is CCCCC(C(=O)NO)N(CCOCCOC)S(=O)(=O)Cc1ccc2sccc2c1. The quantitative estimate of drug-likeness (QED) is 0.256. The summed E-state index contributed by atoms with van der Waals surface area (Å²) < 4.78 is 39.2. The number of hydroxylamine groups is 1. The molecule has 0 spiro atoms. The number of ether oxygens (including phenoxy) is 2. The number of thiophene rings is 1. The normalized spacial score (nSPS) is 13.1. The Morgan fingerprint density at radius 1 is 1.27 bits per heavy atom. The Kier molecular flexibility index (Phi) is 10.2. The van der Waals surface area contributed by atoms with Crippen LogP contribution < -0.4 is 5.48 Å². The summed E-state index contributed by atoms with van der Waals surface area (Å²) in [5.41, 5.74) is 2.26. The van der Waals surface area contributed by atoms with Gasteiger partial charge in [-0.25, -0.2) is 13.9 Å². The monoisotopic (exact) mass is 458 g/mol. The van der Waals surface area contributed by atoms with Crippen LogP contribution in [0.2, 0.25) is 0 Å². The largest absolute Gasteiger partial charge is 0.382 e. The number of carbonyl (C=O) groups is 1. The molecule has 2 N–H and O–H groups in total. The number of sulfonamides is 1. The second-order valence-electron chi connectivity index (χ2n) is 6.90. The van der Waals surface area contributed by atoms with Crippen molar-refractivity contribution >= 4 is 37.4 Å².